The smallest absolute Gasteiger partial charge is 0.259 e. The van der Waals surface area contributed by atoms with E-state index in [2.05, 4.69) is 20.3 Å². The van der Waals surface area contributed by atoms with E-state index in [0.29, 0.717) is 82.2 Å². The van der Waals surface area contributed by atoms with Gasteiger partial charge in [0.25, 0.3) is 11.8 Å². The topological polar surface area (TPSA) is 128 Å². The first kappa shape index (κ1) is 30.4. The van der Waals surface area contributed by atoms with Gasteiger partial charge < -0.3 is 29.3 Å². The number of aromatic nitrogens is 1. The van der Waals surface area contributed by atoms with Crippen molar-refractivity contribution in [1.82, 2.24) is 10.1 Å². The molecule has 0 bridgehead atoms. The number of carbonyl (C=O) groups excluding carboxylic acids is 2. The third kappa shape index (κ3) is 6.19. The van der Waals surface area contributed by atoms with Gasteiger partial charge in [0.2, 0.25) is 0 Å². The van der Waals surface area contributed by atoms with E-state index in [1.54, 1.807) is 31.1 Å². The summed E-state index contributed by atoms with van der Waals surface area (Å²) in [4.78, 5) is 33.1. The van der Waals surface area contributed by atoms with Gasteiger partial charge in [0, 0.05) is 62.1 Å². The number of carbonyl (C=O) groups is 2. The molecular formula is C33H36ClN6O5+. The summed E-state index contributed by atoms with van der Waals surface area (Å²) in [6.07, 6.45) is 2.36. The van der Waals surface area contributed by atoms with Crippen LogP contribution in [0, 0.1) is 6.92 Å². The number of methoxy groups -OCH3 is 1. The number of hydrogen-bond acceptors (Lipinski definition) is 8. The molecule has 0 spiro atoms. The van der Waals surface area contributed by atoms with Crippen molar-refractivity contribution in [3.63, 3.8) is 0 Å². The maximum absolute atomic E-state index is 13.7. The van der Waals surface area contributed by atoms with Crippen molar-refractivity contribution in [3.8, 4) is 17.0 Å². The molecule has 2 aliphatic rings. The first-order valence-corrected chi connectivity index (χ1v) is 15.4. The molecule has 2 aliphatic heterocycles. The normalized spacial score (nSPS) is 15.0. The van der Waals surface area contributed by atoms with Gasteiger partial charge in [0.1, 0.15) is 28.5 Å². The Hall–Kier alpha value is -4.58. The molecule has 0 unspecified atom stereocenters. The number of rotatable bonds is 8. The standard InChI is InChI=1S/C33H35ClN6O5/c1-21-30(31(37-45-21)24-7-3-4-8-29(24)44-2)33(42)40-17-15-39(16-18-40)28-20-26(27(36-43)19-25(28)34)35-32(41)22-9-11-23(12-10-22)38-13-5-6-14-38/h3-4,7-12,19-20,36,43H,5-6,13-18H2,1-2H3,(H,35,41)/p+1. The van der Waals surface area contributed by atoms with Gasteiger partial charge in [-0.1, -0.05) is 28.9 Å². The van der Waals surface area contributed by atoms with E-state index in [9.17, 15) is 14.8 Å². The molecule has 4 N–H and O–H groups in total. The molecule has 2 saturated heterocycles. The fraction of sp³-hybridized carbons (Fsp3) is 0.303. The molecule has 12 heteroatoms. The van der Waals surface area contributed by atoms with Crippen molar-refractivity contribution in [2.45, 2.75) is 19.8 Å². The Labute approximate surface area is 266 Å². The number of aryl methyl sites for hydroxylation is 1. The summed E-state index contributed by atoms with van der Waals surface area (Å²) in [6, 6.07) is 18.3. The minimum Gasteiger partial charge on any atom is -0.496 e. The predicted molar refractivity (Wildman–Crippen MR) is 172 cm³/mol. The van der Waals surface area contributed by atoms with Crippen LogP contribution in [0.5, 0.6) is 5.75 Å². The molecule has 0 saturated carbocycles. The molecule has 45 heavy (non-hydrogen) atoms. The van der Waals surface area contributed by atoms with E-state index in [1.807, 2.05) is 48.5 Å². The molecule has 11 nitrogen and oxygen atoms in total. The zero-order valence-corrected chi connectivity index (χ0v) is 26.0. The monoisotopic (exact) mass is 631 g/mol. The second kappa shape index (κ2) is 13.2. The Morgan fingerprint density at radius 1 is 0.978 bits per heavy atom. The maximum Gasteiger partial charge on any atom is 0.259 e. The molecule has 234 valence electrons. The van der Waals surface area contributed by atoms with E-state index in [1.165, 1.54) is 12.8 Å². The number of ether oxygens (including phenoxy) is 1. The van der Waals surface area contributed by atoms with Crippen molar-refractivity contribution in [2.24, 2.45) is 0 Å². The summed E-state index contributed by atoms with van der Waals surface area (Å²) in [7, 11) is 1.58. The number of nitrogens with two attached hydrogens (primary N) is 1. The Morgan fingerprint density at radius 3 is 2.38 bits per heavy atom. The first-order valence-electron chi connectivity index (χ1n) is 15.0. The molecule has 1 aromatic heterocycles. The Morgan fingerprint density at radius 2 is 1.69 bits per heavy atom. The van der Waals surface area contributed by atoms with E-state index >= 15 is 0 Å². The number of para-hydroxylation sites is 1. The zero-order chi connectivity index (χ0) is 31.5. The lowest BCUT2D eigenvalue weighted by atomic mass is 10.0. The summed E-state index contributed by atoms with van der Waals surface area (Å²) in [5.74, 6) is 0.581. The van der Waals surface area contributed by atoms with Crippen molar-refractivity contribution >= 4 is 46.2 Å². The second-order valence-corrected chi connectivity index (χ2v) is 11.6. The highest BCUT2D eigenvalue weighted by Gasteiger charge is 2.30. The van der Waals surface area contributed by atoms with Crippen LogP contribution in [0.2, 0.25) is 5.02 Å². The number of halogens is 1. The van der Waals surface area contributed by atoms with Crippen molar-refractivity contribution < 1.29 is 29.5 Å². The molecule has 2 amide bonds. The fourth-order valence-corrected chi connectivity index (χ4v) is 6.28. The lowest BCUT2D eigenvalue weighted by molar-refractivity contribution is -0.825. The summed E-state index contributed by atoms with van der Waals surface area (Å²) in [6.45, 7) is 5.67. The molecule has 0 atom stereocenters. The number of amides is 2. The van der Waals surface area contributed by atoms with Gasteiger partial charge in [0.05, 0.1) is 17.8 Å². The Balaban J connectivity index is 1.16. The molecule has 0 aliphatic carbocycles. The van der Waals surface area contributed by atoms with E-state index in [4.69, 9.17) is 20.9 Å². The predicted octanol–water partition coefficient (Wildman–Crippen LogP) is 4.71. The Bertz CT molecular complexity index is 1690. The highest BCUT2D eigenvalue weighted by Crippen LogP contribution is 2.36. The van der Waals surface area contributed by atoms with Gasteiger partial charge in [-0.15, -0.1) is 0 Å². The molecular weight excluding hydrogens is 596 g/mol. The molecule has 3 aromatic carbocycles. The number of quaternary nitrogens is 1. The molecule has 0 radical (unpaired) electrons. The van der Waals surface area contributed by atoms with Crippen molar-refractivity contribution in [3.05, 3.63) is 82.6 Å². The van der Waals surface area contributed by atoms with E-state index in [-0.39, 0.29) is 11.8 Å². The fourth-order valence-electron chi connectivity index (χ4n) is 5.98. The van der Waals surface area contributed by atoms with Crippen LogP contribution in [0.25, 0.3) is 11.3 Å². The minimum absolute atomic E-state index is 0.172. The molecule has 3 heterocycles. The summed E-state index contributed by atoms with van der Waals surface area (Å²) in [5.41, 5.74) is 5.62. The van der Waals surface area contributed by atoms with Gasteiger partial charge in [-0.05, 0) is 62.2 Å². The SMILES string of the molecule is COc1ccccc1-c1noc(C)c1C(=O)N1CCN(c2cc(NC(=O)c3ccc(N4CCCC4)cc3)c([NH2+]O)cc2Cl)CC1. The van der Waals surface area contributed by atoms with Gasteiger partial charge in [-0.3, -0.25) is 9.59 Å². The van der Waals surface area contributed by atoms with Crippen LogP contribution in [-0.4, -0.2) is 73.5 Å². The highest BCUT2D eigenvalue weighted by molar-refractivity contribution is 6.33. The van der Waals surface area contributed by atoms with Crippen LogP contribution in [0.1, 0.15) is 39.3 Å². The zero-order valence-electron chi connectivity index (χ0n) is 25.3. The third-order valence-corrected chi connectivity index (χ3v) is 8.76. The van der Waals surface area contributed by atoms with Gasteiger partial charge in [0.15, 0.2) is 5.69 Å². The third-order valence-electron chi connectivity index (χ3n) is 8.45. The van der Waals surface area contributed by atoms with Crippen LogP contribution in [-0.2, 0) is 0 Å². The largest absolute Gasteiger partial charge is 0.496 e. The summed E-state index contributed by atoms with van der Waals surface area (Å²) >= 11 is 6.66. The number of piperazine rings is 1. The number of anilines is 3. The average Bonchev–Trinajstić information content (AvgIpc) is 3.75. The van der Waals surface area contributed by atoms with Crippen LogP contribution in [0.3, 0.4) is 0 Å². The first-order chi connectivity index (χ1) is 21.9. The summed E-state index contributed by atoms with van der Waals surface area (Å²) < 4.78 is 10.9. The van der Waals surface area contributed by atoms with Gasteiger partial charge in [-0.25, -0.2) is 5.21 Å². The maximum atomic E-state index is 13.7. The van der Waals surface area contributed by atoms with Crippen LogP contribution >= 0.6 is 11.6 Å². The number of nitrogens with one attached hydrogen (secondary N) is 1. The highest BCUT2D eigenvalue weighted by atomic mass is 35.5. The summed E-state index contributed by atoms with van der Waals surface area (Å²) in [5, 5.41) is 17.5. The molecule has 6 rings (SSSR count). The van der Waals surface area contributed by atoms with Gasteiger partial charge >= 0.3 is 0 Å². The quantitative estimate of drug-likeness (QED) is 0.188. The number of nitrogens with zero attached hydrogens (tertiary/aromatic N) is 4. The Kier molecular flexibility index (Phi) is 8.92. The van der Waals surface area contributed by atoms with Crippen LogP contribution < -0.4 is 25.3 Å². The van der Waals surface area contributed by atoms with E-state index < -0.39 is 0 Å². The van der Waals surface area contributed by atoms with Gasteiger partial charge in [-0.2, -0.15) is 5.48 Å². The minimum atomic E-state index is -0.287. The second-order valence-electron chi connectivity index (χ2n) is 11.2. The lowest BCUT2D eigenvalue weighted by Crippen LogP contribution is -2.74. The van der Waals surface area contributed by atoms with Crippen molar-refractivity contribution in [1.29, 1.82) is 0 Å². The lowest BCUT2D eigenvalue weighted by Gasteiger charge is -2.36. The molecule has 2 fully saturated rings. The number of benzene rings is 3. The average molecular weight is 632 g/mol. The van der Waals surface area contributed by atoms with Crippen molar-refractivity contribution in [2.75, 3.05) is 61.5 Å². The van der Waals surface area contributed by atoms with Crippen LogP contribution in [0.4, 0.5) is 22.7 Å². The number of hydrogen-bond donors (Lipinski definition) is 3. The van der Waals surface area contributed by atoms with E-state index in [0.717, 1.165) is 24.3 Å². The van der Waals surface area contributed by atoms with Crippen LogP contribution in [0.15, 0.2) is 65.2 Å². The molecule has 4 aromatic rings.